The number of nitrogens with one attached hydrogen (secondary N) is 1. The molecule has 154 valence electrons. The maximum Gasteiger partial charge on any atom is 0.257 e. The van der Waals surface area contributed by atoms with E-state index in [1.165, 1.54) is 12.1 Å². The van der Waals surface area contributed by atoms with Gasteiger partial charge in [0.2, 0.25) is 0 Å². The van der Waals surface area contributed by atoms with Gasteiger partial charge in [0.05, 0.1) is 30.7 Å². The largest absolute Gasteiger partial charge is 0.378 e. The lowest BCUT2D eigenvalue weighted by atomic mass is 9.94. The SMILES string of the molecule is Cc1cc(F)cc(C(=O)NC[C@@H]2CCn3ncc(C(=O)N4CCOCC4)c3C2)c1. The van der Waals surface area contributed by atoms with Gasteiger partial charge >= 0.3 is 0 Å². The van der Waals surface area contributed by atoms with Crippen LogP contribution >= 0.6 is 0 Å². The first kappa shape index (κ1) is 19.6. The summed E-state index contributed by atoms with van der Waals surface area (Å²) in [5, 5.41) is 7.29. The summed E-state index contributed by atoms with van der Waals surface area (Å²) in [6, 6.07) is 4.32. The zero-order valence-electron chi connectivity index (χ0n) is 16.5. The van der Waals surface area contributed by atoms with Gasteiger partial charge in [-0.25, -0.2) is 4.39 Å². The first-order valence-corrected chi connectivity index (χ1v) is 9.98. The molecule has 1 N–H and O–H groups in total. The highest BCUT2D eigenvalue weighted by Crippen LogP contribution is 2.24. The number of rotatable bonds is 4. The molecule has 1 atom stereocenters. The van der Waals surface area contributed by atoms with E-state index >= 15 is 0 Å². The van der Waals surface area contributed by atoms with E-state index in [0.29, 0.717) is 62.5 Å². The highest BCUT2D eigenvalue weighted by Gasteiger charge is 2.28. The Kier molecular flexibility index (Phi) is 5.62. The van der Waals surface area contributed by atoms with Crippen molar-refractivity contribution in [3.63, 3.8) is 0 Å². The quantitative estimate of drug-likeness (QED) is 0.849. The number of fused-ring (bicyclic) bond motifs is 1. The smallest absolute Gasteiger partial charge is 0.257 e. The number of aromatic nitrogens is 2. The Hall–Kier alpha value is -2.74. The Morgan fingerprint density at radius 1 is 1.24 bits per heavy atom. The van der Waals surface area contributed by atoms with E-state index in [1.807, 2.05) is 4.68 Å². The summed E-state index contributed by atoms with van der Waals surface area (Å²) in [4.78, 5) is 27.1. The first-order chi connectivity index (χ1) is 14.0. The van der Waals surface area contributed by atoms with Crippen molar-refractivity contribution in [1.29, 1.82) is 0 Å². The van der Waals surface area contributed by atoms with E-state index in [-0.39, 0.29) is 17.7 Å². The van der Waals surface area contributed by atoms with Gasteiger partial charge in [-0.05, 0) is 49.4 Å². The van der Waals surface area contributed by atoms with E-state index in [0.717, 1.165) is 12.1 Å². The minimum atomic E-state index is -0.414. The number of carbonyl (C=O) groups is 2. The average Bonchev–Trinajstić information content (AvgIpc) is 3.14. The summed E-state index contributed by atoms with van der Waals surface area (Å²) >= 11 is 0. The molecular formula is C21H25FN4O3. The molecule has 29 heavy (non-hydrogen) atoms. The van der Waals surface area contributed by atoms with Gasteiger partial charge in [-0.3, -0.25) is 14.3 Å². The molecule has 3 heterocycles. The maximum atomic E-state index is 13.6. The van der Waals surface area contributed by atoms with Crippen molar-refractivity contribution in [2.24, 2.45) is 5.92 Å². The second-order valence-electron chi connectivity index (χ2n) is 7.72. The molecule has 7 nitrogen and oxygen atoms in total. The van der Waals surface area contributed by atoms with Gasteiger partial charge in [0, 0.05) is 31.7 Å². The van der Waals surface area contributed by atoms with Crippen molar-refractivity contribution in [2.75, 3.05) is 32.8 Å². The van der Waals surface area contributed by atoms with Crippen molar-refractivity contribution in [1.82, 2.24) is 20.0 Å². The maximum absolute atomic E-state index is 13.6. The molecule has 0 bridgehead atoms. The molecule has 0 aliphatic carbocycles. The van der Waals surface area contributed by atoms with E-state index < -0.39 is 5.82 Å². The molecule has 0 saturated carbocycles. The lowest BCUT2D eigenvalue weighted by molar-refractivity contribution is 0.0301. The molecule has 8 heteroatoms. The van der Waals surface area contributed by atoms with Crippen LogP contribution in [0.2, 0.25) is 0 Å². The number of aryl methyl sites for hydroxylation is 2. The molecule has 4 rings (SSSR count). The number of hydrogen-bond acceptors (Lipinski definition) is 4. The summed E-state index contributed by atoms with van der Waals surface area (Å²) in [6.07, 6.45) is 3.19. The summed E-state index contributed by atoms with van der Waals surface area (Å²) in [6.45, 7) is 5.25. The van der Waals surface area contributed by atoms with Gasteiger partial charge in [0.25, 0.3) is 11.8 Å². The number of halogens is 1. The van der Waals surface area contributed by atoms with Crippen LogP contribution in [0.4, 0.5) is 4.39 Å². The fraction of sp³-hybridized carbons (Fsp3) is 0.476. The van der Waals surface area contributed by atoms with Crippen molar-refractivity contribution in [3.8, 4) is 0 Å². The Morgan fingerprint density at radius 2 is 2.03 bits per heavy atom. The van der Waals surface area contributed by atoms with Crippen LogP contribution in [-0.2, 0) is 17.7 Å². The molecule has 2 aromatic rings. The van der Waals surface area contributed by atoms with Crippen LogP contribution in [0.25, 0.3) is 0 Å². The van der Waals surface area contributed by atoms with Crippen molar-refractivity contribution in [3.05, 3.63) is 52.6 Å². The monoisotopic (exact) mass is 400 g/mol. The van der Waals surface area contributed by atoms with Crippen molar-refractivity contribution >= 4 is 11.8 Å². The predicted molar refractivity (Wildman–Crippen MR) is 104 cm³/mol. The molecule has 1 aromatic heterocycles. The lowest BCUT2D eigenvalue weighted by Crippen LogP contribution is -2.41. The number of hydrogen-bond donors (Lipinski definition) is 1. The summed E-state index contributed by atoms with van der Waals surface area (Å²) in [5.41, 5.74) is 2.60. The zero-order valence-corrected chi connectivity index (χ0v) is 16.5. The van der Waals surface area contributed by atoms with Crippen LogP contribution < -0.4 is 5.32 Å². The van der Waals surface area contributed by atoms with Crippen LogP contribution in [0.3, 0.4) is 0 Å². The molecule has 2 amide bonds. The molecular weight excluding hydrogens is 375 g/mol. The Morgan fingerprint density at radius 3 is 2.79 bits per heavy atom. The highest BCUT2D eigenvalue weighted by atomic mass is 19.1. The zero-order chi connectivity index (χ0) is 20.4. The minimum Gasteiger partial charge on any atom is -0.378 e. The van der Waals surface area contributed by atoms with Gasteiger partial charge in [-0.15, -0.1) is 0 Å². The summed E-state index contributed by atoms with van der Waals surface area (Å²) < 4.78 is 20.8. The number of benzene rings is 1. The van der Waals surface area contributed by atoms with Crippen LogP contribution in [0.1, 0.15) is 38.4 Å². The Labute approximate surface area is 168 Å². The van der Waals surface area contributed by atoms with E-state index in [1.54, 1.807) is 24.1 Å². The molecule has 0 unspecified atom stereocenters. The van der Waals surface area contributed by atoms with Crippen molar-refractivity contribution in [2.45, 2.75) is 26.3 Å². The first-order valence-electron chi connectivity index (χ1n) is 9.98. The highest BCUT2D eigenvalue weighted by molar-refractivity contribution is 5.95. The van der Waals surface area contributed by atoms with Gasteiger partial charge in [-0.2, -0.15) is 5.10 Å². The Bertz CT molecular complexity index is 900. The minimum absolute atomic E-state index is 0.00512. The van der Waals surface area contributed by atoms with E-state index in [4.69, 9.17) is 4.74 Å². The molecule has 1 aromatic carbocycles. The average molecular weight is 400 g/mol. The number of nitrogens with zero attached hydrogens (tertiary/aromatic N) is 3. The van der Waals surface area contributed by atoms with Crippen molar-refractivity contribution < 1.29 is 18.7 Å². The fourth-order valence-electron chi connectivity index (χ4n) is 4.00. The van der Waals surface area contributed by atoms with E-state index in [2.05, 4.69) is 10.4 Å². The second kappa shape index (κ2) is 8.32. The van der Waals surface area contributed by atoms with Gasteiger partial charge in [-0.1, -0.05) is 0 Å². The number of morpholine rings is 1. The van der Waals surface area contributed by atoms with Crippen LogP contribution in [-0.4, -0.2) is 59.3 Å². The third kappa shape index (κ3) is 4.32. The number of ether oxygens (including phenoxy) is 1. The Balaban J connectivity index is 1.40. The third-order valence-electron chi connectivity index (χ3n) is 5.56. The standard InChI is InChI=1S/C21H25FN4O3/c1-14-8-16(11-17(22)9-14)20(27)23-12-15-2-3-26-19(10-15)18(13-24-26)21(28)25-4-6-29-7-5-25/h8-9,11,13,15H,2-7,10,12H2,1H3,(H,23,27)/t15-/m1/s1. The lowest BCUT2D eigenvalue weighted by Gasteiger charge is -2.28. The normalized spacial score (nSPS) is 19.0. The molecule has 2 aliphatic rings. The van der Waals surface area contributed by atoms with Crippen LogP contribution in [0.5, 0.6) is 0 Å². The molecule has 1 saturated heterocycles. The number of carbonyl (C=O) groups excluding carboxylic acids is 2. The van der Waals surface area contributed by atoms with Gasteiger partial charge in [0.1, 0.15) is 5.82 Å². The predicted octanol–water partition coefficient (Wildman–Crippen LogP) is 1.80. The third-order valence-corrected chi connectivity index (χ3v) is 5.56. The number of amides is 2. The molecule has 0 spiro atoms. The van der Waals surface area contributed by atoms with Gasteiger partial charge in [0.15, 0.2) is 0 Å². The van der Waals surface area contributed by atoms with Crippen LogP contribution in [0.15, 0.2) is 24.4 Å². The molecule has 2 aliphatic heterocycles. The van der Waals surface area contributed by atoms with E-state index in [9.17, 15) is 14.0 Å². The fourth-order valence-corrected chi connectivity index (χ4v) is 4.00. The second-order valence-corrected chi connectivity index (χ2v) is 7.72. The van der Waals surface area contributed by atoms with Crippen LogP contribution in [0, 0.1) is 18.7 Å². The summed E-state index contributed by atoms with van der Waals surface area (Å²) in [7, 11) is 0. The molecule has 0 radical (unpaired) electrons. The molecule has 1 fully saturated rings. The van der Waals surface area contributed by atoms with Gasteiger partial charge < -0.3 is 15.0 Å². The summed E-state index contributed by atoms with van der Waals surface area (Å²) in [5.74, 6) is -0.497. The topological polar surface area (TPSA) is 76.5 Å².